The van der Waals surface area contributed by atoms with Crippen LogP contribution in [0, 0.1) is 17.5 Å². The van der Waals surface area contributed by atoms with Crippen LogP contribution in [0.5, 0.6) is 0 Å². The van der Waals surface area contributed by atoms with Crippen molar-refractivity contribution in [1.29, 1.82) is 0 Å². The molecular formula is C23H15F13N2O2. The minimum atomic E-state index is -5.45. The highest BCUT2D eigenvalue weighted by atomic mass is 19.4. The maximum atomic E-state index is 14.8. The average Bonchev–Trinajstić information content (AvgIpc) is 2.81. The molecule has 17 heteroatoms. The third kappa shape index (κ3) is 8.35. The summed E-state index contributed by atoms with van der Waals surface area (Å²) in [6, 6.07) is -1.27. The van der Waals surface area contributed by atoms with E-state index in [4.69, 9.17) is 0 Å². The van der Waals surface area contributed by atoms with E-state index in [1.54, 1.807) is 5.32 Å². The molecule has 0 radical (unpaired) electrons. The summed E-state index contributed by atoms with van der Waals surface area (Å²) in [5.41, 5.74) is -5.66. The lowest BCUT2D eigenvalue weighted by atomic mass is 9.95. The number of allylic oxidation sites excluding steroid dienone is 1. The van der Waals surface area contributed by atoms with Crippen LogP contribution in [0.1, 0.15) is 39.9 Å². The first-order valence-electron chi connectivity index (χ1n) is 10.6. The Hall–Kier alpha value is -3.79. The van der Waals surface area contributed by atoms with Gasteiger partial charge in [-0.25, -0.2) is 17.6 Å². The van der Waals surface area contributed by atoms with Gasteiger partial charge in [0, 0.05) is 5.56 Å². The zero-order chi connectivity index (χ0) is 30.8. The zero-order valence-corrected chi connectivity index (χ0v) is 19.6. The number of rotatable bonds is 7. The molecular weight excluding hydrogens is 583 g/mol. The molecule has 0 saturated carbocycles. The Morgan fingerprint density at radius 1 is 0.900 bits per heavy atom. The van der Waals surface area contributed by atoms with Crippen LogP contribution in [0.15, 0.2) is 36.4 Å². The minimum absolute atomic E-state index is 0.0750. The lowest BCUT2D eigenvalue weighted by molar-refractivity contribution is -0.140. The van der Waals surface area contributed by atoms with Gasteiger partial charge in [0.2, 0.25) is 5.91 Å². The van der Waals surface area contributed by atoms with Gasteiger partial charge in [0.15, 0.2) is 17.5 Å². The van der Waals surface area contributed by atoms with Crippen molar-refractivity contribution in [3.63, 3.8) is 0 Å². The van der Waals surface area contributed by atoms with Crippen molar-refractivity contribution in [2.45, 2.75) is 37.4 Å². The lowest BCUT2D eigenvalue weighted by Gasteiger charge is -2.19. The summed E-state index contributed by atoms with van der Waals surface area (Å²) < 4.78 is 173. The molecule has 0 spiro atoms. The monoisotopic (exact) mass is 598 g/mol. The van der Waals surface area contributed by atoms with Crippen LogP contribution in [0.3, 0.4) is 0 Å². The fourth-order valence-electron chi connectivity index (χ4n) is 3.18. The molecule has 220 valence electrons. The Kier molecular flexibility index (Phi) is 9.53. The van der Waals surface area contributed by atoms with Crippen molar-refractivity contribution in [2.24, 2.45) is 0 Å². The normalized spacial score (nSPS) is 14.5. The number of hydrogen-bond acceptors (Lipinski definition) is 2. The summed E-state index contributed by atoms with van der Waals surface area (Å²) in [6.07, 6.45) is -16.0. The van der Waals surface area contributed by atoms with Crippen molar-refractivity contribution < 1.29 is 66.7 Å². The maximum absolute atomic E-state index is 14.8. The minimum Gasteiger partial charge on any atom is -0.345 e. The van der Waals surface area contributed by atoms with Crippen LogP contribution in [0.4, 0.5) is 57.1 Å². The summed E-state index contributed by atoms with van der Waals surface area (Å²) in [5.74, 6) is -14.4. The van der Waals surface area contributed by atoms with E-state index in [2.05, 4.69) is 0 Å². The van der Waals surface area contributed by atoms with Crippen molar-refractivity contribution >= 4 is 17.6 Å². The summed E-state index contributed by atoms with van der Waals surface area (Å²) in [4.78, 5) is 24.0. The van der Waals surface area contributed by atoms with E-state index >= 15 is 0 Å². The number of carbonyl (C=O) groups is 2. The van der Waals surface area contributed by atoms with Crippen molar-refractivity contribution in [3.8, 4) is 0 Å². The van der Waals surface area contributed by atoms with Crippen LogP contribution in [0.2, 0.25) is 0 Å². The van der Waals surface area contributed by atoms with E-state index in [1.165, 1.54) is 5.32 Å². The number of alkyl halides is 9. The number of nitrogens with one attached hydrogen (secondary N) is 2. The molecule has 2 N–H and O–H groups in total. The van der Waals surface area contributed by atoms with Gasteiger partial charge in [0.05, 0.1) is 11.1 Å². The number of benzene rings is 2. The Bertz CT molecular complexity index is 1270. The fourth-order valence-corrected chi connectivity index (χ4v) is 3.18. The van der Waals surface area contributed by atoms with Crippen molar-refractivity contribution in [3.05, 3.63) is 76.1 Å². The topological polar surface area (TPSA) is 58.2 Å². The molecule has 2 amide bonds. The molecule has 2 atom stereocenters. The highest BCUT2D eigenvalue weighted by Crippen LogP contribution is 2.40. The third-order valence-corrected chi connectivity index (χ3v) is 5.08. The molecule has 40 heavy (non-hydrogen) atoms. The molecule has 0 heterocycles. The van der Waals surface area contributed by atoms with Gasteiger partial charge >= 0.3 is 18.5 Å². The predicted molar refractivity (Wildman–Crippen MR) is 112 cm³/mol. The van der Waals surface area contributed by atoms with Gasteiger partial charge < -0.3 is 10.6 Å². The first-order chi connectivity index (χ1) is 18.1. The average molecular weight is 598 g/mol. The van der Waals surface area contributed by atoms with Crippen LogP contribution in [-0.4, -0.2) is 36.8 Å². The molecule has 0 aliphatic heterocycles. The number of amides is 2. The van der Waals surface area contributed by atoms with Crippen LogP contribution >= 0.6 is 0 Å². The van der Waals surface area contributed by atoms with Gasteiger partial charge in [-0.1, -0.05) is 6.07 Å². The van der Waals surface area contributed by atoms with E-state index in [1.807, 2.05) is 0 Å². The maximum Gasteiger partial charge on any atom is 0.417 e. The molecule has 0 aliphatic carbocycles. The second-order valence-electron chi connectivity index (χ2n) is 8.12. The number of halogens is 13. The molecule has 0 aliphatic rings. The highest BCUT2D eigenvalue weighted by molar-refractivity contribution is 5.99. The van der Waals surface area contributed by atoms with Crippen molar-refractivity contribution in [1.82, 2.24) is 10.6 Å². The van der Waals surface area contributed by atoms with Gasteiger partial charge in [-0.15, -0.1) is 0 Å². The Morgan fingerprint density at radius 2 is 1.45 bits per heavy atom. The highest BCUT2D eigenvalue weighted by Gasteiger charge is 2.41. The van der Waals surface area contributed by atoms with E-state index in [9.17, 15) is 66.7 Å². The first kappa shape index (κ1) is 32.4. The molecule has 2 rings (SSSR count). The standard InChI is InChI=1S/C23H15F13N2O2/c1-9(19(39)37-8-21(28,29)30)38-20(40)12-3-2-10(4-14(12)23(34,35)36)15(24)7-13(22(31,32)33)11-5-16(25)18(27)17(26)6-11/h2-7,9,13H,8H2,1H3,(H,37,39)(H,38,40)/b15-7-. The van der Waals surface area contributed by atoms with E-state index in [0.29, 0.717) is 12.1 Å². The van der Waals surface area contributed by atoms with E-state index in [0.717, 1.165) is 6.92 Å². The summed E-state index contributed by atoms with van der Waals surface area (Å²) in [7, 11) is 0. The van der Waals surface area contributed by atoms with Crippen LogP contribution in [0.25, 0.3) is 5.83 Å². The summed E-state index contributed by atoms with van der Waals surface area (Å²) in [5, 5.41) is 3.09. The van der Waals surface area contributed by atoms with Gasteiger partial charge in [-0.2, -0.15) is 39.5 Å². The largest absolute Gasteiger partial charge is 0.417 e. The number of hydrogen-bond donors (Lipinski definition) is 2. The Labute approximate surface area is 215 Å². The molecule has 0 bridgehead atoms. The smallest absolute Gasteiger partial charge is 0.345 e. The fraction of sp³-hybridized carbons (Fsp3) is 0.304. The molecule has 2 unspecified atom stereocenters. The molecule has 0 fully saturated rings. The van der Waals surface area contributed by atoms with Crippen molar-refractivity contribution in [2.75, 3.05) is 6.54 Å². The Balaban J connectivity index is 2.45. The van der Waals surface area contributed by atoms with Gasteiger partial charge in [0.1, 0.15) is 24.3 Å². The van der Waals surface area contributed by atoms with Gasteiger partial charge in [-0.3, -0.25) is 9.59 Å². The van der Waals surface area contributed by atoms with Crippen LogP contribution in [-0.2, 0) is 11.0 Å². The second-order valence-corrected chi connectivity index (χ2v) is 8.12. The van der Waals surface area contributed by atoms with Crippen LogP contribution < -0.4 is 10.6 Å². The predicted octanol–water partition coefficient (Wildman–Crippen LogP) is 6.58. The number of carbonyl (C=O) groups excluding carboxylic acids is 2. The summed E-state index contributed by atoms with van der Waals surface area (Å²) in [6.45, 7) is -0.970. The lowest BCUT2D eigenvalue weighted by Crippen LogP contribution is -2.47. The zero-order valence-electron chi connectivity index (χ0n) is 19.6. The second kappa shape index (κ2) is 11.8. The molecule has 2 aromatic rings. The van der Waals surface area contributed by atoms with Gasteiger partial charge in [-0.05, 0) is 42.8 Å². The molecule has 4 nitrogen and oxygen atoms in total. The third-order valence-electron chi connectivity index (χ3n) is 5.08. The molecule has 2 aromatic carbocycles. The van der Waals surface area contributed by atoms with E-state index in [-0.39, 0.29) is 24.3 Å². The van der Waals surface area contributed by atoms with E-state index < -0.39 is 94.4 Å². The Morgan fingerprint density at radius 3 is 1.93 bits per heavy atom. The summed E-state index contributed by atoms with van der Waals surface area (Å²) >= 11 is 0. The first-order valence-corrected chi connectivity index (χ1v) is 10.6. The van der Waals surface area contributed by atoms with Gasteiger partial charge in [0.25, 0.3) is 5.91 Å². The quantitative estimate of drug-likeness (QED) is 0.280. The SMILES string of the molecule is CC(NC(=O)c1ccc(/C(F)=C/C(c2cc(F)c(F)c(F)c2)C(F)(F)F)cc1C(F)(F)F)C(=O)NCC(F)(F)F. The molecule has 0 saturated heterocycles. The molecule has 0 aromatic heterocycles.